The summed E-state index contributed by atoms with van der Waals surface area (Å²) in [5.41, 5.74) is 7.77. The molecule has 2 aromatic heterocycles. The number of hydrogen-bond acceptors (Lipinski definition) is 10. The van der Waals surface area contributed by atoms with Gasteiger partial charge in [-0.1, -0.05) is 12.1 Å². The Kier molecular flexibility index (Phi) is 8.10. The van der Waals surface area contributed by atoms with Crippen LogP contribution in [0.1, 0.15) is 36.5 Å². The lowest BCUT2D eigenvalue weighted by Gasteiger charge is -2.38. The van der Waals surface area contributed by atoms with Crippen LogP contribution in [0.2, 0.25) is 0 Å². The van der Waals surface area contributed by atoms with Gasteiger partial charge in [0.05, 0.1) is 61.7 Å². The smallest absolute Gasteiger partial charge is 0.201 e. The lowest BCUT2D eigenvalue weighted by molar-refractivity contribution is -0.0472. The number of fused-ring (bicyclic) bond motifs is 1. The first-order chi connectivity index (χ1) is 21.1. The highest BCUT2D eigenvalue weighted by Crippen LogP contribution is 2.32. The molecule has 2 unspecified atom stereocenters. The van der Waals surface area contributed by atoms with Gasteiger partial charge in [-0.15, -0.1) is 0 Å². The van der Waals surface area contributed by atoms with E-state index >= 15 is 0 Å². The van der Waals surface area contributed by atoms with E-state index in [1.807, 2.05) is 37.4 Å². The first-order valence-electron chi connectivity index (χ1n) is 14.9. The number of rotatable bonds is 8. The molecule has 2 aromatic carbocycles. The van der Waals surface area contributed by atoms with E-state index in [0.29, 0.717) is 33.0 Å². The average Bonchev–Trinajstić information content (AvgIpc) is 3.76. The molecule has 3 saturated heterocycles. The molecule has 3 aliphatic heterocycles. The van der Waals surface area contributed by atoms with Crippen molar-refractivity contribution in [3.8, 4) is 0 Å². The van der Waals surface area contributed by atoms with Gasteiger partial charge in [0.25, 0.3) is 0 Å². The number of benzene rings is 2. The predicted octanol–water partition coefficient (Wildman–Crippen LogP) is 5.48. The Labute approximate surface area is 251 Å². The number of nitrogens with zero attached hydrogens (tertiary/aromatic N) is 3. The summed E-state index contributed by atoms with van der Waals surface area (Å²) < 4.78 is 28.7. The Morgan fingerprint density at radius 3 is 2.33 bits per heavy atom. The molecular weight excluding hydrogens is 546 g/mol. The molecular formula is C33H37N5O5. The third kappa shape index (κ3) is 6.43. The van der Waals surface area contributed by atoms with E-state index in [1.165, 1.54) is 0 Å². The molecule has 0 bridgehead atoms. The van der Waals surface area contributed by atoms with Crippen molar-refractivity contribution in [1.82, 2.24) is 9.97 Å². The summed E-state index contributed by atoms with van der Waals surface area (Å²) in [7, 11) is 0. The number of hydrogen-bond donors (Lipinski definition) is 2. The Bertz CT molecular complexity index is 1540. The van der Waals surface area contributed by atoms with Gasteiger partial charge < -0.3 is 39.2 Å². The van der Waals surface area contributed by atoms with Crippen LogP contribution in [-0.2, 0) is 23.7 Å². The largest absolute Gasteiger partial charge is 0.382 e. The summed E-state index contributed by atoms with van der Waals surface area (Å²) in [6.45, 7) is 8.92. The quantitative estimate of drug-likeness (QED) is 0.278. The summed E-state index contributed by atoms with van der Waals surface area (Å²) in [6, 6.07) is 20.7. The van der Waals surface area contributed by atoms with Crippen molar-refractivity contribution in [3.63, 3.8) is 0 Å². The number of pyridine rings is 2. The van der Waals surface area contributed by atoms with E-state index < -0.39 is 0 Å². The first kappa shape index (κ1) is 28.0. The van der Waals surface area contributed by atoms with Crippen LogP contribution in [0, 0.1) is 6.92 Å². The van der Waals surface area contributed by atoms with Crippen molar-refractivity contribution < 1.29 is 23.7 Å². The summed E-state index contributed by atoms with van der Waals surface area (Å²) in [5, 5.41) is 8.16. The van der Waals surface area contributed by atoms with Crippen molar-refractivity contribution in [2.75, 3.05) is 61.6 Å². The van der Waals surface area contributed by atoms with Crippen LogP contribution in [0.25, 0.3) is 10.9 Å². The zero-order chi connectivity index (χ0) is 29.2. The maximum Gasteiger partial charge on any atom is 0.201 e. The van der Waals surface area contributed by atoms with Gasteiger partial charge in [-0.2, -0.15) is 0 Å². The molecule has 0 spiro atoms. The molecule has 5 heterocycles. The maximum atomic E-state index is 6.32. The van der Waals surface area contributed by atoms with E-state index in [1.54, 1.807) is 0 Å². The number of aryl methyl sites for hydroxylation is 1. The maximum absolute atomic E-state index is 6.32. The number of morpholine rings is 1. The van der Waals surface area contributed by atoms with Crippen LogP contribution in [0.3, 0.4) is 0 Å². The second-order valence-corrected chi connectivity index (χ2v) is 11.2. The van der Waals surface area contributed by atoms with Crippen LogP contribution < -0.4 is 15.5 Å². The molecule has 4 aromatic rings. The minimum Gasteiger partial charge on any atom is -0.382 e. The van der Waals surface area contributed by atoms with Crippen molar-refractivity contribution in [2.24, 2.45) is 0 Å². The molecule has 0 saturated carbocycles. The average molecular weight is 584 g/mol. The van der Waals surface area contributed by atoms with Gasteiger partial charge in [-0.3, -0.25) is 9.97 Å². The normalized spacial score (nSPS) is 21.5. The lowest BCUT2D eigenvalue weighted by Crippen LogP contribution is -2.49. The second-order valence-electron chi connectivity index (χ2n) is 11.2. The fourth-order valence-electron chi connectivity index (χ4n) is 5.86. The van der Waals surface area contributed by atoms with Crippen molar-refractivity contribution in [2.45, 2.75) is 38.6 Å². The molecule has 10 nitrogen and oxygen atoms in total. The van der Waals surface area contributed by atoms with Crippen molar-refractivity contribution in [3.05, 3.63) is 83.8 Å². The number of anilines is 4. The number of nitrogens with one attached hydrogen (secondary N) is 2. The highest BCUT2D eigenvalue weighted by Gasteiger charge is 2.26. The Balaban J connectivity index is 1.05. The zero-order valence-electron chi connectivity index (χ0n) is 24.5. The molecule has 0 radical (unpaired) electrons. The van der Waals surface area contributed by atoms with E-state index in [0.717, 1.165) is 63.7 Å². The van der Waals surface area contributed by atoms with E-state index in [9.17, 15) is 0 Å². The third-order valence-electron chi connectivity index (χ3n) is 7.88. The number of aromatic nitrogens is 2. The van der Waals surface area contributed by atoms with Crippen LogP contribution in [0.15, 0.2) is 66.9 Å². The van der Waals surface area contributed by atoms with Crippen molar-refractivity contribution >= 4 is 33.7 Å². The fraction of sp³-hybridized carbons (Fsp3) is 0.394. The molecule has 2 N–H and O–H groups in total. The third-order valence-corrected chi connectivity index (χ3v) is 7.88. The molecule has 3 fully saturated rings. The molecule has 43 heavy (non-hydrogen) atoms. The Morgan fingerprint density at radius 1 is 0.837 bits per heavy atom. The molecule has 2 atom stereocenters. The van der Waals surface area contributed by atoms with Crippen LogP contribution in [-0.4, -0.2) is 68.2 Å². The van der Waals surface area contributed by atoms with Crippen molar-refractivity contribution in [1.29, 1.82) is 0 Å². The monoisotopic (exact) mass is 583 g/mol. The topological polar surface area (TPSA) is 99.2 Å². The van der Waals surface area contributed by atoms with E-state index in [4.69, 9.17) is 28.7 Å². The first-order valence-corrected chi connectivity index (χ1v) is 14.9. The van der Waals surface area contributed by atoms with Crippen LogP contribution in [0.4, 0.5) is 22.7 Å². The Hall–Kier alpha value is -3.80. The molecule has 3 aliphatic rings. The SMILES string of the molecule is Cc1cc(Nc2ccc(C3OCCO3)nc2)c2cc(N3CC(C)OC(CNc4ccc(C5OCCO5)cc4)C3)ccc2n1. The van der Waals surface area contributed by atoms with Crippen LogP contribution >= 0.6 is 0 Å². The van der Waals surface area contributed by atoms with Gasteiger partial charge in [-0.05, 0) is 62.4 Å². The highest BCUT2D eigenvalue weighted by molar-refractivity contribution is 5.95. The second kappa shape index (κ2) is 12.4. The van der Waals surface area contributed by atoms with Gasteiger partial charge in [0.2, 0.25) is 6.29 Å². The fourth-order valence-corrected chi connectivity index (χ4v) is 5.86. The highest BCUT2D eigenvalue weighted by atomic mass is 16.7. The molecule has 0 aliphatic carbocycles. The van der Waals surface area contributed by atoms with Gasteiger partial charge >= 0.3 is 0 Å². The predicted molar refractivity (Wildman–Crippen MR) is 165 cm³/mol. The van der Waals surface area contributed by atoms with Gasteiger partial charge in [0.1, 0.15) is 0 Å². The van der Waals surface area contributed by atoms with E-state index in [-0.39, 0.29) is 24.8 Å². The molecule has 0 amide bonds. The van der Waals surface area contributed by atoms with Gasteiger partial charge in [-0.25, -0.2) is 0 Å². The van der Waals surface area contributed by atoms with E-state index in [2.05, 4.69) is 63.8 Å². The minimum absolute atomic E-state index is 0.0341. The standard InChI is InChI=1S/C33H37N5O5/c1-21-15-31(37-25-7-9-30(35-17-25)33-41-13-14-42-33)28-16-26(8-10-29(28)36-21)38-19-22(2)43-27(20-38)18-34-24-5-3-23(4-6-24)32-39-11-12-40-32/h3-10,15-17,22,27,32-34H,11-14,18-20H2,1-2H3,(H,36,37). The molecule has 7 rings (SSSR count). The van der Waals surface area contributed by atoms with Gasteiger partial charge in [0.15, 0.2) is 6.29 Å². The summed E-state index contributed by atoms with van der Waals surface area (Å²) in [4.78, 5) is 11.8. The summed E-state index contributed by atoms with van der Waals surface area (Å²) >= 11 is 0. The van der Waals surface area contributed by atoms with Gasteiger partial charge in [0, 0.05) is 53.3 Å². The zero-order valence-corrected chi connectivity index (χ0v) is 24.5. The Morgan fingerprint density at radius 2 is 1.58 bits per heavy atom. The number of ether oxygens (including phenoxy) is 5. The molecule has 10 heteroatoms. The molecule has 224 valence electrons. The minimum atomic E-state index is -0.386. The lowest BCUT2D eigenvalue weighted by atomic mass is 10.1. The summed E-state index contributed by atoms with van der Waals surface area (Å²) in [6.07, 6.45) is 1.30. The van der Waals surface area contributed by atoms with Crippen LogP contribution in [0.5, 0.6) is 0 Å². The summed E-state index contributed by atoms with van der Waals surface area (Å²) in [5.74, 6) is 0.